The molecule has 1 spiro atoms. The molecule has 9 nitrogen and oxygen atoms in total. The van der Waals surface area contributed by atoms with Gasteiger partial charge in [0.25, 0.3) is 0 Å². The van der Waals surface area contributed by atoms with Gasteiger partial charge < -0.3 is 20.1 Å². The van der Waals surface area contributed by atoms with Gasteiger partial charge in [0, 0.05) is 48.7 Å². The van der Waals surface area contributed by atoms with Crippen molar-refractivity contribution >= 4 is 11.9 Å². The van der Waals surface area contributed by atoms with Crippen molar-refractivity contribution in [3.05, 3.63) is 54.1 Å². The van der Waals surface area contributed by atoms with Gasteiger partial charge in [-0.05, 0) is 58.4 Å². The van der Waals surface area contributed by atoms with E-state index in [0.717, 1.165) is 35.6 Å². The number of fused-ring (bicyclic) bond motifs is 2. The quantitative estimate of drug-likeness (QED) is 0.625. The average molecular weight is 463 g/mol. The molecule has 1 atom stereocenters. The monoisotopic (exact) mass is 462 g/mol. The molecule has 1 unspecified atom stereocenters. The van der Waals surface area contributed by atoms with Gasteiger partial charge in [0.1, 0.15) is 11.7 Å². The van der Waals surface area contributed by atoms with E-state index < -0.39 is 5.60 Å². The van der Waals surface area contributed by atoms with E-state index in [1.54, 1.807) is 17.3 Å². The first kappa shape index (κ1) is 22.2. The summed E-state index contributed by atoms with van der Waals surface area (Å²) < 4.78 is 13.6. The van der Waals surface area contributed by atoms with Crippen LogP contribution in [0.4, 0.5) is 10.6 Å². The molecule has 2 N–H and O–H groups in total. The van der Waals surface area contributed by atoms with Gasteiger partial charge in [-0.25, -0.2) is 9.78 Å². The minimum atomic E-state index is -0.500. The Morgan fingerprint density at radius 1 is 1.21 bits per heavy atom. The van der Waals surface area contributed by atoms with Gasteiger partial charge in [-0.1, -0.05) is 6.07 Å². The molecule has 2 aliphatic rings. The number of amides is 1. The lowest BCUT2D eigenvalue weighted by atomic mass is 9.76. The Hall–Kier alpha value is -3.62. The molecule has 34 heavy (non-hydrogen) atoms. The van der Waals surface area contributed by atoms with Crippen molar-refractivity contribution < 1.29 is 14.3 Å². The highest BCUT2D eigenvalue weighted by molar-refractivity contribution is 5.71. The van der Waals surface area contributed by atoms with Crippen LogP contribution in [-0.4, -0.2) is 49.4 Å². The summed E-state index contributed by atoms with van der Waals surface area (Å²) in [5.41, 5.74) is 9.12. The van der Waals surface area contributed by atoms with Crippen molar-refractivity contribution in [1.82, 2.24) is 24.6 Å². The summed E-state index contributed by atoms with van der Waals surface area (Å²) in [5, 5.41) is 4.81. The number of nitrogen functional groups attached to an aromatic ring is 1. The molecule has 3 aromatic rings. The van der Waals surface area contributed by atoms with Crippen LogP contribution >= 0.6 is 0 Å². The molecule has 178 valence electrons. The van der Waals surface area contributed by atoms with Crippen molar-refractivity contribution in [2.75, 3.05) is 18.8 Å². The molecular weight excluding hydrogens is 432 g/mol. The smallest absolute Gasteiger partial charge is 0.410 e. The summed E-state index contributed by atoms with van der Waals surface area (Å²) in [6.07, 6.45) is 3.88. The standard InChI is InChI=1S/C25H30N6O3/c1-16(18-7-5-6-9-27-18)33-20-11-17(13-28-22(20)26)19-12-21-25(8-10-31(21)29-19)14-30(15-25)23(32)34-24(2,3)4/h5-7,9,11-13,16H,8,10,14-15H2,1-4H3,(H2,26,28). The molecule has 2 aliphatic heterocycles. The van der Waals surface area contributed by atoms with Crippen molar-refractivity contribution in [3.8, 4) is 17.0 Å². The van der Waals surface area contributed by atoms with E-state index in [-0.39, 0.29) is 17.6 Å². The fourth-order valence-electron chi connectivity index (χ4n) is 4.62. The predicted molar refractivity (Wildman–Crippen MR) is 127 cm³/mol. The van der Waals surface area contributed by atoms with Gasteiger partial charge in [-0.15, -0.1) is 0 Å². The zero-order valence-corrected chi connectivity index (χ0v) is 20.0. The second-order valence-electron chi connectivity index (χ2n) is 10.1. The highest BCUT2D eigenvalue weighted by Gasteiger charge is 2.52. The Morgan fingerprint density at radius 3 is 2.71 bits per heavy atom. The maximum Gasteiger partial charge on any atom is 0.410 e. The molecule has 5 rings (SSSR count). The molecule has 1 fully saturated rings. The third kappa shape index (κ3) is 4.06. The highest BCUT2D eigenvalue weighted by atomic mass is 16.6. The second-order valence-corrected chi connectivity index (χ2v) is 10.1. The van der Waals surface area contributed by atoms with Crippen LogP contribution < -0.4 is 10.5 Å². The minimum absolute atomic E-state index is 0.0732. The number of pyridine rings is 2. The van der Waals surface area contributed by atoms with Gasteiger partial charge in [-0.3, -0.25) is 9.67 Å². The van der Waals surface area contributed by atoms with E-state index in [0.29, 0.717) is 24.7 Å². The van der Waals surface area contributed by atoms with Gasteiger partial charge >= 0.3 is 6.09 Å². The van der Waals surface area contributed by atoms with Crippen molar-refractivity contribution in [2.24, 2.45) is 0 Å². The van der Waals surface area contributed by atoms with Crippen LogP contribution in [0.2, 0.25) is 0 Å². The predicted octanol–water partition coefficient (Wildman–Crippen LogP) is 3.95. The van der Waals surface area contributed by atoms with Crippen LogP contribution in [0, 0.1) is 0 Å². The van der Waals surface area contributed by atoms with Crippen LogP contribution in [-0.2, 0) is 16.7 Å². The summed E-state index contributed by atoms with van der Waals surface area (Å²) in [6, 6.07) is 9.68. The topological polar surface area (TPSA) is 108 Å². The minimum Gasteiger partial charge on any atom is -0.481 e. The summed E-state index contributed by atoms with van der Waals surface area (Å²) in [7, 11) is 0. The largest absolute Gasteiger partial charge is 0.481 e. The van der Waals surface area contributed by atoms with Gasteiger partial charge in [-0.2, -0.15) is 5.10 Å². The summed E-state index contributed by atoms with van der Waals surface area (Å²) in [4.78, 5) is 22.9. The lowest BCUT2D eigenvalue weighted by Gasteiger charge is -2.47. The van der Waals surface area contributed by atoms with Crippen molar-refractivity contribution in [2.45, 2.75) is 57.8 Å². The third-order valence-electron chi connectivity index (χ3n) is 6.35. The maximum absolute atomic E-state index is 12.4. The average Bonchev–Trinajstić information content (AvgIpc) is 3.33. The van der Waals surface area contributed by atoms with Crippen molar-refractivity contribution in [3.63, 3.8) is 0 Å². The molecule has 5 heterocycles. The van der Waals surface area contributed by atoms with Crippen LogP contribution in [0.15, 0.2) is 42.7 Å². The lowest BCUT2D eigenvalue weighted by molar-refractivity contribution is -0.00969. The van der Waals surface area contributed by atoms with E-state index in [4.69, 9.17) is 20.3 Å². The first-order valence-electron chi connectivity index (χ1n) is 11.5. The zero-order chi connectivity index (χ0) is 24.1. The van der Waals surface area contributed by atoms with E-state index in [1.807, 2.05) is 56.6 Å². The normalized spacial score (nSPS) is 17.2. The summed E-state index contributed by atoms with van der Waals surface area (Å²) >= 11 is 0. The number of nitrogens with zero attached hydrogens (tertiary/aromatic N) is 5. The van der Waals surface area contributed by atoms with E-state index in [2.05, 4.69) is 16.0 Å². The number of ether oxygens (including phenoxy) is 2. The van der Waals surface area contributed by atoms with E-state index in [1.165, 1.54) is 0 Å². The molecule has 0 aromatic carbocycles. The Kier molecular flexibility index (Phi) is 5.22. The van der Waals surface area contributed by atoms with Gasteiger partial charge in [0.2, 0.25) is 0 Å². The first-order chi connectivity index (χ1) is 16.1. The van der Waals surface area contributed by atoms with Crippen LogP contribution in [0.5, 0.6) is 5.75 Å². The number of hydrogen-bond acceptors (Lipinski definition) is 7. The van der Waals surface area contributed by atoms with Crippen molar-refractivity contribution in [1.29, 1.82) is 0 Å². The van der Waals surface area contributed by atoms with E-state index >= 15 is 0 Å². The Morgan fingerprint density at radius 2 is 2.00 bits per heavy atom. The summed E-state index contributed by atoms with van der Waals surface area (Å²) in [6.45, 7) is 9.68. The van der Waals surface area contributed by atoms with Crippen LogP contribution in [0.25, 0.3) is 11.3 Å². The molecule has 0 aliphatic carbocycles. The number of likely N-dealkylation sites (tertiary alicyclic amines) is 1. The molecule has 9 heteroatoms. The molecule has 1 saturated heterocycles. The lowest BCUT2D eigenvalue weighted by Crippen LogP contribution is -2.61. The Labute approximate surface area is 198 Å². The molecular formula is C25H30N6O3. The Balaban J connectivity index is 1.33. The zero-order valence-electron chi connectivity index (χ0n) is 20.0. The SMILES string of the molecule is CC(Oc1cc(-c2cc3n(n2)CCC32CN(C(=O)OC(C)(C)C)C2)cnc1N)c1ccccn1. The van der Waals surface area contributed by atoms with Crippen LogP contribution in [0.1, 0.15) is 51.6 Å². The number of anilines is 1. The summed E-state index contributed by atoms with van der Waals surface area (Å²) in [5.74, 6) is 0.819. The molecule has 0 saturated carbocycles. The number of rotatable bonds is 4. The fourth-order valence-corrected chi connectivity index (χ4v) is 4.62. The number of carbonyl (C=O) groups is 1. The highest BCUT2D eigenvalue weighted by Crippen LogP contribution is 2.44. The number of aryl methyl sites for hydroxylation is 1. The van der Waals surface area contributed by atoms with Crippen LogP contribution in [0.3, 0.4) is 0 Å². The number of hydrogen-bond donors (Lipinski definition) is 1. The third-order valence-corrected chi connectivity index (χ3v) is 6.35. The maximum atomic E-state index is 12.4. The molecule has 0 radical (unpaired) electrons. The Bertz CT molecular complexity index is 1210. The van der Waals surface area contributed by atoms with Gasteiger partial charge in [0.15, 0.2) is 11.6 Å². The molecule has 1 amide bonds. The second kappa shape index (κ2) is 8.00. The number of nitrogens with two attached hydrogens (primary N) is 1. The van der Waals surface area contributed by atoms with E-state index in [9.17, 15) is 4.79 Å². The fraction of sp³-hybridized carbons (Fsp3) is 0.440. The first-order valence-corrected chi connectivity index (χ1v) is 11.5. The molecule has 0 bridgehead atoms. The van der Waals surface area contributed by atoms with Gasteiger partial charge in [0.05, 0.1) is 11.4 Å². The molecule has 3 aromatic heterocycles. The number of carbonyl (C=O) groups excluding carboxylic acids is 1. The number of aromatic nitrogens is 4.